The summed E-state index contributed by atoms with van der Waals surface area (Å²) in [6.45, 7) is 7.40. The molecule has 0 aromatic carbocycles. The Morgan fingerprint density at radius 1 is 1.15 bits per heavy atom. The number of furan rings is 1. The van der Waals surface area contributed by atoms with Gasteiger partial charge in [-0.25, -0.2) is 0 Å². The summed E-state index contributed by atoms with van der Waals surface area (Å²) in [6.07, 6.45) is 0.0916. The van der Waals surface area contributed by atoms with Gasteiger partial charge in [-0.05, 0) is 31.2 Å². The third kappa shape index (κ3) is 2.12. The molecule has 1 aromatic heterocycles. The molecule has 8 rings (SSSR count). The molecule has 4 aliphatic carbocycles. The molecule has 218 valence electrons. The van der Waals surface area contributed by atoms with Crippen LogP contribution in [-0.4, -0.2) is 75.0 Å². The second-order valence-electron chi connectivity index (χ2n) is 14.2. The van der Waals surface area contributed by atoms with E-state index in [9.17, 15) is 24.9 Å². The van der Waals surface area contributed by atoms with Crippen LogP contribution in [-0.2, 0) is 33.3 Å². The smallest absolute Gasteiger partial charge is 0.306 e. The predicted octanol–water partition coefficient (Wildman–Crippen LogP) is 1.73. The van der Waals surface area contributed by atoms with Crippen molar-refractivity contribution in [1.82, 2.24) is 0 Å². The highest BCUT2D eigenvalue weighted by Gasteiger charge is 3.03. The SMILES string of the molecule is COC(=O)C[C@@H]1C2(C)CC34OC5(C)OC67C(CC(=O)OC6C3(O)C2O)C(C)(C(O)c2ccoc2)CCC7(O5)C14C. The number of carbonyl (C=O) groups is 2. The van der Waals surface area contributed by atoms with E-state index < -0.39 is 86.7 Å². The van der Waals surface area contributed by atoms with E-state index >= 15 is 0 Å². The van der Waals surface area contributed by atoms with E-state index in [1.807, 2.05) is 20.8 Å². The number of ether oxygens (including phenoxy) is 5. The molecule has 7 aliphatic rings. The zero-order valence-corrected chi connectivity index (χ0v) is 23.3. The second-order valence-corrected chi connectivity index (χ2v) is 14.2. The normalized spacial score (nSPS) is 59.0. The maximum atomic E-state index is 13.4. The first-order valence-electron chi connectivity index (χ1n) is 14.1. The van der Waals surface area contributed by atoms with Crippen molar-refractivity contribution in [3.63, 3.8) is 0 Å². The van der Waals surface area contributed by atoms with Crippen LogP contribution in [0.15, 0.2) is 23.0 Å². The molecule has 3 spiro atoms. The molecule has 4 heterocycles. The summed E-state index contributed by atoms with van der Waals surface area (Å²) in [4.78, 5) is 26.3. The Kier molecular flexibility index (Phi) is 4.36. The van der Waals surface area contributed by atoms with Crippen molar-refractivity contribution >= 4 is 11.9 Å². The van der Waals surface area contributed by atoms with Crippen LogP contribution in [0.4, 0.5) is 0 Å². The Labute approximate surface area is 231 Å². The third-order valence-electron chi connectivity index (χ3n) is 13.0. The zero-order valence-electron chi connectivity index (χ0n) is 23.3. The first kappa shape index (κ1) is 25.7. The van der Waals surface area contributed by atoms with Gasteiger partial charge >= 0.3 is 11.9 Å². The Morgan fingerprint density at radius 2 is 1.88 bits per heavy atom. The summed E-state index contributed by atoms with van der Waals surface area (Å²) in [6, 6.07) is 1.69. The fraction of sp³-hybridized carbons (Fsp3) is 0.793. The lowest BCUT2D eigenvalue weighted by Crippen LogP contribution is -2.94. The van der Waals surface area contributed by atoms with Crippen molar-refractivity contribution in [2.75, 3.05) is 7.11 Å². The highest BCUT2D eigenvalue weighted by molar-refractivity contribution is 5.74. The third-order valence-corrected chi connectivity index (χ3v) is 13.0. The summed E-state index contributed by atoms with van der Waals surface area (Å²) < 4.78 is 37.0. The van der Waals surface area contributed by atoms with Gasteiger partial charge < -0.3 is 43.4 Å². The van der Waals surface area contributed by atoms with Gasteiger partial charge in [0.25, 0.3) is 5.97 Å². The molecule has 40 heavy (non-hydrogen) atoms. The number of carbonyl (C=O) groups excluding carboxylic acids is 2. The van der Waals surface area contributed by atoms with Crippen molar-refractivity contribution < 1.29 is 53.0 Å². The van der Waals surface area contributed by atoms with Crippen LogP contribution in [0.25, 0.3) is 0 Å². The summed E-state index contributed by atoms with van der Waals surface area (Å²) in [5, 5.41) is 36.8. The molecule has 1 aromatic rings. The number of fused-ring (bicyclic) bond motifs is 3. The van der Waals surface area contributed by atoms with Crippen molar-refractivity contribution in [2.45, 2.75) is 106 Å². The molecule has 3 saturated heterocycles. The molecule has 11 heteroatoms. The maximum Gasteiger partial charge on any atom is 0.306 e. The van der Waals surface area contributed by atoms with Crippen molar-refractivity contribution in [1.29, 1.82) is 0 Å². The van der Waals surface area contributed by atoms with E-state index in [1.54, 1.807) is 13.0 Å². The minimum Gasteiger partial charge on any atom is -0.472 e. The molecule has 12 unspecified atom stereocenters. The van der Waals surface area contributed by atoms with Crippen molar-refractivity contribution in [3.05, 3.63) is 24.2 Å². The molecule has 3 N–H and O–H groups in total. The monoisotopic (exact) mass is 560 g/mol. The van der Waals surface area contributed by atoms with E-state index in [0.29, 0.717) is 18.4 Å². The van der Waals surface area contributed by atoms with Gasteiger partial charge in [0.2, 0.25) is 0 Å². The first-order valence-corrected chi connectivity index (χ1v) is 14.1. The van der Waals surface area contributed by atoms with Crippen LogP contribution >= 0.6 is 0 Å². The van der Waals surface area contributed by atoms with Crippen LogP contribution < -0.4 is 0 Å². The fourth-order valence-corrected chi connectivity index (χ4v) is 11.7. The van der Waals surface area contributed by atoms with E-state index in [2.05, 4.69) is 0 Å². The van der Waals surface area contributed by atoms with Crippen LogP contribution in [0, 0.1) is 28.1 Å². The van der Waals surface area contributed by atoms with Crippen LogP contribution in [0.5, 0.6) is 0 Å². The van der Waals surface area contributed by atoms with E-state index in [0.717, 1.165) is 0 Å². The average Bonchev–Trinajstić information content (AvgIpc) is 3.59. The van der Waals surface area contributed by atoms with Crippen LogP contribution in [0.3, 0.4) is 0 Å². The molecule has 4 bridgehead atoms. The molecule has 3 aliphatic heterocycles. The molecule has 11 nitrogen and oxygen atoms in total. The Bertz CT molecular complexity index is 1350. The van der Waals surface area contributed by atoms with Gasteiger partial charge in [-0.15, -0.1) is 0 Å². The summed E-state index contributed by atoms with van der Waals surface area (Å²) >= 11 is 0. The van der Waals surface area contributed by atoms with E-state index in [-0.39, 0.29) is 19.3 Å². The van der Waals surface area contributed by atoms with Gasteiger partial charge in [-0.2, -0.15) is 0 Å². The van der Waals surface area contributed by atoms with Gasteiger partial charge in [-0.3, -0.25) is 9.59 Å². The maximum absolute atomic E-state index is 13.4. The van der Waals surface area contributed by atoms with Crippen LogP contribution in [0.2, 0.25) is 0 Å². The number of methoxy groups -OCH3 is 1. The lowest BCUT2D eigenvalue weighted by atomic mass is 9.33. The molecular formula is C29H36O11. The number of esters is 2. The van der Waals surface area contributed by atoms with Crippen LogP contribution in [0.1, 0.15) is 71.5 Å². The lowest BCUT2D eigenvalue weighted by Gasteiger charge is -2.77. The average molecular weight is 561 g/mol. The topological polar surface area (TPSA) is 154 Å². The highest BCUT2D eigenvalue weighted by atomic mass is 16.9. The Hall–Kier alpha value is -2.02. The first-order chi connectivity index (χ1) is 18.7. The minimum absolute atomic E-state index is 0.0241. The molecule has 13 atom stereocenters. The zero-order chi connectivity index (χ0) is 28.5. The van der Waals surface area contributed by atoms with Gasteiger partial charge in [0, 0.05) is 41.1 Å². The second kappa shape index (κ2) is 6.79. The molecule has 0 radical (unpaired) electrons. The van der Waals surface area contributed by atoms with Crippen molar-refractivity contribution in [3.8, 4) is 0 Å². The highest BCUT2D eigenvalue weighted by Crippen LogP contribution is 2.89. The van der Waals surface area contributed by atoms with Gasteiger partial charge in [0.15, 0.2) is 11.7 Å². The summed E-state index contributed by atoms with van der Waals surface area (Å²) in [5.41, 5.74) is -8.63. The van der Waals surface area contributed by atoms with E-state index in [1.165, 1.54) is 19.6 Å². The Balaban J connectivity index is 1.43. The van der Waals surface area contributed by atoms with Crippen molar-refractivity contribution in [2.24, 2.45) is 28.1 Å². The molecule has 0 amide bonds. The van der Waals surface area contributed by atoms with Gasteiger partial charge in [0.1, 0.15) is 16.8 Å². The molecular weight excluding hydrogens is 524 g/mol. The standard InChI is InChI=1S/C29H36O11/c1-22(19(32)14-6-9-36-12-14)7-8-26-24(3)15(10-17(30)35-5)23(2)13-27(24)28(34,20(23)33)21-29(26,16(22)11-18(31)37-21)40-25(4,38-26)39-27/h6,9,12,15-16,19-21,32-34H,7-8,10-11,13H2,1-5H3/t15-,16?,19?,20?,21?,22?,23?,24?,25?,26?,27?,28?,29?/m1/s1. The van der Waals surface area contributed by atoms with Gasteiger partial charge in [0.05, 0.1) is 38.3 Å². The number of hydrogen-bond donors (Lipinski definition) is 3. The molecule has 7 fully saturated rings. The quantitative estimate of drug-likeness (QED) is 0.461. The largest absolute Gasteiger partial charge is 0.472 e. The number of rotatable bonds is 4. The number of aliphatic hydroxyl groups is 3. The van der Waals surface area contributed by atoms with E-state index in [4.69, 9.17) is 28.1 Å². The minimum atomic E-state index is -2.07. The summed E-state index contributed by atoms with van der Waals surface area (Å²) in [5.74, 6) is -3.84. The molecule has 4 saturated carbocycles. The van der Waals surface area contributed by atoms with Gasteiger partial charge in [-0.1, -0.05) is 20.8 Å². The fourth-order valence-electron chi connectivity index (χ4n) is 11.7. The predicted molar refractivity (Wildman–Crippen MR) is 131 cm³/mol. The lowest BCUT2D eigenvalue weighted by molar-refractivity contribution is -0.479. The number of aliphatic hydroxyl groups excluding tert-OH is 2. The summed E-state index contributed by atoms with van der Waals surface area (Å²) in [7, 11) is 1.33. The number of hydrogen-bond acceptors (Lipinski definition) is 11. The Morgan fingerprint density at radius 3 is 2.55 bits per heavy atom.